The lowest BCUT2D eigenvalue weighted by atomic mass is 10.0. The van der Waals surface area contributed by atoms with Crippen molar-refractivity contribution >= 4 is 17.4 Å². The highest BCUT2D eigenvalue weighted by Crippen LogP contribution is 2.25. The Morgan fingerprint density at radius 3 is 2.76 bits per heavy atom. The number of thioether (sulfide) groups is 1. The zero-order valence-electron chi connectivity index (χ0n) is 10.2. The number of nitrogens with zero attached hydrogens (tertiary/aromatic N) is 1. The summed E-state index contributed by atoms with van der Waals surface area (Å²) in [6.45, 7) is 4.05. The van der Waals surface area contributed by atoms with Gasteiger partial charge in [0.05, 0.1) is 0 Å². The Morgan fingerprint density at radius 2 is 2.12 bits per heavy atom. The van der Waals surface area contributed by atoms with Crippen LogP contribution in [-0.4, -0.2) is 30.6 Å². The van der Waals surface area contributed by atoms with Crippen molar-refractivity contribution in [1.82, 2.24) is 0 Å². The van der Waals surface area contributed by atoms with E-state index in [9.17, 15) is 4.39 Å². The first-order valence-electron chi connectivity index (χ1n) is 6.03. The van der Waals surface area contributed by atoms with Crippen molar-refractivity contribution in [3.8, 4) is 0 Å². The van der Waals surface area contributed by atoms with Gasteiger partial charge >= 0.3 is 0 Å². The average molecular weight is 254 g/mol. The van der Waals surface area contributed by atoms with Gasteiger partial charge in [0.15, 0.2) is 0 Å². The molecule has 0 amide bonds. The van der Waals surface area contributed by atoms with Gasteiger partial charge in [-0.3, -0.25) is 0 Å². The molecular weight excluding hydrogens is 235 g/mol. The number of benzene rings is 1. The first-order chi connectivity index (χ1) is 8.16. The molecule has 0 aromatic heterocycles. The van der Waals surface area contributed by atoms with Gasteiger partial charge in [0.1, 0.15) is 5.82 Å². The van der Waals surface area contributed by atoms with Crippen molar-refractivity contribution in [2.24, 2.45) is 5.73 Å². The first-order valence-corrected chi connectivity index (χ1v) is 7.19. The second-order valence-electron chi connectivity index (χ2n) is 4.55. The number of anilines is 1. The van der Waals surface area contributed by atoms with Gasteiger partial charge in [0, 0.05) is 36.3 Å². The van der Waals surface area contributed by atoms with Gasteiger partial charge in [-0.15, -0.1) is 0 Å². The topological polar surface area (TPSA) is 29.3 Å². The summed E-state index contributed by atoms with van der Waals surface area (Å²) >= 11 is 1.98. The molecule has 1 aromatic carbocycles. The Balaban J connectivity index is 2.24. The molecule has 2 N–H and O–H groups in total. The number of hydrogen-bond donors (Lipinski definition) is 1. The van der Waals surface area contributed by atoms with Gasteiger partial charge in [0.25, 0.3) is 0 Å². The molecule has 94 valence electrons. The highest BCUT2D eigenvalue weighted by molar-refractivity contribution is 7.99. The van der Waals surface area contributed by atoms with E-state index in [1.54, 1.807) is 12.1 Å². The third-order valence-corrected chi connectivity index (χ3v) is 3.88. The molecule has 1 fully saturated rings. The molecule has 2 rings (SSSR count). The molecule has 17 heavy (non-hydrogen) atoms. The van der Waals surface area contributed by atoms with Crippen molar-refractivity contribution in [2.45, 2.75) is 19.4 Å². The summed E-state index contributed by atoms with van der Waals surface area (Å²) in [5, 5.41) is 0. The van der Waals surface area contributed by atoms with Crippen LogP contribution in [0.15, 0.2) is 18.2 Å². The maximum absolute atomic E-state index is 13.3. The van der Waals surface area contributed by atoms with Crippen LogP contribution in [0, 0.1) is 5.82 Å². The summed E-state index contributed by atoms with van der Waals surface area (Å²) in [4.78, 5) is 2.34. The summed E-state index contributed by atoms with van der Waals surface area (Å²) in [6, 6.07) is 5.13. The van der Waals surface area contributed by atoms with Crippen LogP contribution in [0.2, 0.25) is 0 Å². The van der Waals surface area contributed by atoms with Crippen LogP contribution in [0.4, 0.5) is 10.1 Å². The molecule has 2 nitrogen and oxygen atoms in total. The predicted molar refractivity (Wildman–Crippen MR) is 73.3 cm³/mol. The molecule has 0 radical (unpaired) electrons. The summed E-state index contributed by atoms with van der Waals surface area (Å²) < 4.78 is 13.3. The molecule has 1 saturated heterocycles. The molecule has 0 saturated carbocycles. The monoisotopic (exact) mass is 254 g/mol. The fourth-order valence-corrected chi connectivity index (χ4v) is 3.08. The number of rotatable bonds is 3. The van der Waals surface area contributed by atoms with Crippen LogP contribution in [0.1, 0.15) is 12.5 Å². The van der Waals surface area contributed by atoms with Crippen molar-refractivity contribution < 1.29 is 4.39 Å². The minimum absolute atomic E-state index is 0.0646. The quantitative estimate of drug-likeness (QED) is 0.897. The standard InChI is InChI=1S/C13H19FN2S/c1-10(15)8-11-9-12(14)2-3-13(11)16-4-6-17-7-5-16/h2-3,9-10H,4-8,15H2,1H3. The molecule has 0 aliphatic carbocycles. The minimum Gasteiger partial charge on any atom is -0.370 e. The fourth-order valence-electron chi connectivity index (χ4n) is 2.18. The maximum Gasteiger partial charge on any atom is 0.123 e. The maximum atomic E-state index is 13.3. The lowest BCUT2D eigenvalue weighted by Crippen LogP contribution is -2.33. The highest BCUT2D eigenvalue weighted by atomic mass is 32.2. The summed E-state index contributed by atoms with van der Waals surface area (Å²) in [5.74, 6) is 2.13. The van der Waals surface area contributed by atoms with Gasteiger partial charge in [-0.1, -0.05) is 0 Å². The van der Waals surface area contributed by atoms with E-state index in [0.717, 1.165) is 42.3 Å². The molecule has 0 spiro atoms. The largest absolute Gasteiger partial charge is 0.370 e. The van der Waals surface area contributed by atoms with Gasteiger partial charge in [-0.05, 0) is 37.1 Å². The van der Waals surface area contributed by atoms with Gasteiger partial charge < -0.3 is 10.6 Å². The Hall–Kier alpha value is -0.740. The van der Waals surface area contributed by atoms with Crippen LogP contribution in [0.5, 0.6) is 0 Å². The molecule has 1 aromatic rings. The third kappa shape index (κ3) is 3.36. The van der Waals surface area contributed by atoms with Crippen molar-refractivity contribution in [2.75, 3.05) is 29.5 Å². The summed E-state index contributed by atoms with van der Waals surface area (Å²) in [5.41, 5.74) is 8.02. The number of hydrogen-bond acceptors (Lipinski definition) is 3. The average Bonchev–Trinajstić information content (AvgIpc) is 2.29. The van der Waals surface area contributed by atoms with E-state index in [4.69, 9.17) is 5.73 Å². The molecule has 0 bridgehead atoms. The predicted octanol–water partition coefficient (Wildman–Crippen LogP) is 2.27. The van der Waals surface area contributed by atoms with E-state index in [0.29, 0.717) is 0 Å². The van der Waals surface area contributed by atoms with Crippen LogP contribution in [0.3, 0.4) is 0 Å². The first kappa shape index (κ1) is 12.7. The highest BCUT2D eigenvalue weighted by Gasteiger charge is 2.15. The van der Waals surface area contributed by atoms with E-state index in [1.165, 1.54) is 0 Å². The second-order valence-corrected chi connectivity index (χ2v) is 5.78. The van der Waals surface area contributed by atoms with E-state index in [-0.39, 0.29) is 11.9 Å². The molecule has 1 heterocycles. The molecular formula is C13H19FN2S. The summed E-state index contributed by atoms with van der Waals surface area (Å²) in [6.07, 6.45) is 0.733. The SMILES string of the molecule is CC(N)Cc1cc(F)ccc1N1CCSCC1. The van der Waals surface area contributed by atoms with Crippen LogP contribution >= 0.6 is 11.8 Å². The Kier molecular flexibility index (Phi) is 4.29. The van der Waals surface area contributed by atoms with Crippen LogP contribution in [-0.2, 0) is 6.42 Å². The zero-order chi connectivity index (χ0) is 12.3. The van der Waals surface area contributed by atoms with Gasteiger partial charge in [0.2, 0.25) is 0 Å². The molecule has 1 unspecified atom stereocenters. The zero-order valence-corrected chi connectivity index (χ0v) is 11.0. The fraction of sp³-hybridized carbons (Fsp3) is 0.538. The van der Waals surface area contributed by atoms with Gasteiger partial charge in [-0.2, -0.15) is 11.8 Å². The Labute approximate surface area is 106 Å². The van der Waals surface area contributed by atoms with Crippen LogP contribution in [0.25, 0.3) is 0 Å². The molecule has 1 aliphatic heterocycles. The second kappa shape index (κ2) is 5.74. The van der Waals surface area contributed by atoms with Crippen molar-refractivity contribution in [1.29, 1.82) is 0 Å². The smallest absolute Gasteiger partial charge is 0.123 e. The van der Waals surface area contributed by atoms with E-state index < -0.39 is 0 Å². The Morgan fingerprint density at radius 1 is 1.41 bits per heavy atom. The number of halogens is 1. The molecule has 4 heteroatoms. The lowest BCUT2D eigenvalue weighted by molar-refractivity contribution is 0.622. The molecule has 1 atom stereocenters. The minimum atomic E-state index is -0.171. The van der Waals surface area contributed by atoms with Crippen molar-refractivity contribution in [3.05, 3.63) is 29.6 Å². The third-order valence-electron chi connectivity index (χ3n) is 2.94. The van der Waals surface area contributed by atoms with Crippen molar-refractivity contribution in [3.63, 3.8) is 0 Å². The normalized spacial score (nSPS) is 18.2. The lowest BCUT2D eigenvalue weighted by Gasteiger charge is -2.30. The number of nitrogens with two attached hydrogens (primary N) is 1. The van der Waals surface area contributed by atoms with E-state index in [2.05, 4.69) is 4.90 Å². The Bertz CT molecular complexity index is 376. The van der Waals surface area contributed by atoms with E-state index in [1.807, 2.05) is 24.8 Å². The van der Waals surface area contributed by atoms with Gasteiger partial charge in [-0.25, -0.2) is 4.39 Å². The summed E-state index contributed by atoms with van der Waals surface area (Å²) in [7, 11) is 0. The van der Waals surface area contributed by atoms with Crippen LogP contribution < -0.4 is 10.6 Å². The van der Waals surface area contributed by atoms with E-state index >= 15 is 0 Å². The molecule has 1 aliphatic rings.